The standard InChI is InChI=1S/C21H17Br2N3O4S/c1-11-4-3-5-15(6-11)25-18(28)10-30-19-13(7-14(22)9-16(19)23)8-17-20(29)26-21(31-17)24-12(2)27/h3-9H,10H2,1-2H3,(H,25,28)(H,24,26,27,29)/b17-8-. The van der Waals surface area contributed by atoms with Crippen molar-refractivity contribution < 1.29 is 19.1 Å². The number of aliphatic imine (C=N–C) groups is 1. The van der Waals surface area contributed by atoms with Crippen LogP contribution in [-0.4, -0.2) is 29.5 Å². The number of rotatable bonds is 5. The van der Waals surface area contributed by atoms with Crippen LogP contribution in [0.25, 0.3) is 6.08 Å². The van der Waals surface area contributed by atoms with Crippen LogP contribution in [0.4, 0.5) is 5.69 Å². The Morgan fingerprint density at radius 3 is 2.68 bits per heavy atom. The van der Waals surface area contributed by atoms with E-state index in [2.05, 4.69) is 47.5 Å². The van der Waals surface area contributed by atoms with Crippen molar-refractivity contribution in [3.63, 3.8) is 0 Å². The zero-order chi connectivity index (χ0) is 22.5. The second-order valence-electron chi connectivity index (χ2n) is 6.53. The van der Waals surface area contributed by atoms with Crippen molar-refractivity contribution in [2.45, 2.75) is 13.8 Å². The third-order valence-corrected chi connectivity index (χ3v) is 5.82. The Labute approximate surface area is 200 Å². The van der Waals surface area contributed by atoms with Crippen molar-refractivity contribution in [1.29, 1.82) is 0 Å². The van der Waals surface area contributed by atoms with Crippen molar-refractivity contribution in [2.24, 2.45) is 4.99 Å². The predicted molar refractivity (Wildman–Crippen MR) is 129 cm³/mol. The van der Waals surface area contributed by atoms with Crippen LogP contribution in [0.2, 0.25) is 0 Å². The summed E-state index contributed by atoms with van der Waals surface area (Å²) < 4.78 is 7.13. The minimum atomic E-state index is -0.465. The number of carbonyl (C=O) groups is 3. The number of amidine groups is 1. The predicted octanol–water partition coefficient (Wildman–Crippen LogP) is 4.64. The largest absolute Gasteiger partial charge is 0.482 e. The summed E-state index contributed by atoms with van der Waals surface area (Å²) in [6.45, 7) is 3.06. The van der Waals surface area contributed by atoms with Crippen LogP contribution < -0.4 is 15.4 Å². The molecule has 0 fully saturated rings. The second-order valence-corrected chi connectivity index (χ2v) is 9.33. The minimum Gasteiger partial charge on any atom is -0.482 e. The second kappa shape index (κ2) is 10.3. The van der Waals surface area contributed by atoms with Gasteiger partial charge < -0.3 is 15.4 Å². The zero-order valence-corrected chi connectivity index (χ0v) is 20.5. The summed E-state index contributed by atoms with van der Waals surface area (Å²) in [5.74, 6) is -0.694. The summed E-state index contributed by atoms with van der Waals surface area (Å²) >= 11 is 7.91. The number of nitrogens with zero attached hydrogens (tertiary/aromatic N) is 1. The molecule has 1 aliphatic heterocycles. The monoisotopic (exact) mass is 565 g/mol. The average Bonchev–Trinajstić information content (AvgIpc) is 2.99. The van der Waals surface area contributed by atoms with Gasteiger partial charge in [0.05, 0.1) is 9.38 Å². The Bertz CT molecular complexity index is 1130. The highest BCUT2D eigenvalue weighted by atomic mass is 79.9. The molecule has 1 heterocycles. The van der Waals surface area contributed by atoms with Gasteiger partial charge in [0.2, 0.25) is 5.91 Å². The molecular weight excluding hydrogens is 550 g/mol. The van der Waals surface area contributed by atoms with Gasteiger partial charge in [-0.25, -0.2) is 0 Å². The normalized spacial score (nSPS) is 14.4. The van der Waals surface area contributed by atoms with Gasteiger partial charge in [0.25, 0.3) is 11.8 Å². The molecule has 3 rings (SSSR count). The van der Waals surface area contributed by atoms with E-state index in [1.54, 1.807) is 24.3 Å². The maximum Gasteiger partial charge on any atom is 0.286 e. The number of ether oxygens (including phenoxy) is 1. The molecule has 160 valence electrons. The molecule has 31 heavy (non-hydrogen) atoms. The number of hydrogen-bond donors (Lipinski definition) is 2. The first-order valence-electron chi connectivity index (χ1n) is 9.00. The first kappa shape index (κ1) is 23.2. The van der Waals surface area contributed by atoms with Crippen molar-refractivity contribution >= 4 is 78.3 Å². The topological polar surface area (TPSA) is 96.9 Å². The summed E-state index contributed by atoms with van der Waals surface area (Å²) in [5, 5.41) is 5.51. The number of hydrogen-bond acceptors (Lipinski definition) is 5. The lowest BCUT2D eigenvalue weighted by Crippen LogP contribution is -2.23. The maximum atomic E-state index is 12.3. The lowest BCUT2D eigenvalue weighted by molar-refractivity contribution is -0.118. The van der Waals surface area contributed by atoms with E-state index in [1.165, 1.54) is 6.92 Å². The van der Waals surface area contributed by atoms with Crippen LogP contribution in [0.3, 0.4) is 0 Å². The summed E-state index contributed by atoms with van der Waals surface area (Å²) in [5.41, 5.74) is 2.28. The third-order valence-electron chi connectivity index (χ3n) is 3.88. The van der Waals surface area contributed by atoms with E-state index in [0.29, 0.717) is 26.4 Å². The summed E-state index contributed by atoms with van der Waals surface area (Å²) in [6.07, 6.45) is 1.61. The van der Waals surface area contributed by atoms with E-state index in [4.69, 9.17) is 4.74 Å². The molecule has 7 nitrogen and oxygen atoms in total. The molecule has 0 saturated heterocycles. The van der Waals surface area contributed by atoms with Crippen LogP contribution in [0.15, 0.2) is 55.2 Å². The Morgan fingerprint density at radius 1 is 1.19 bits per heavy atom. The van der Waals surface area contributed by atoms with E-state index < -0.39 is 5.91 Å². The van der Waals surface area contributed by atoms with Gasteiger partial charge in [0, 0.05) is 22.6 Å². The van der Waals surface area contributed by atoms with E-state index >= 15 is 0 Å². The molecule has 0 bridgehead atoms. The van der Waals surface area contributed by atoms with Crippen molar-refractivity contribution in [2.75, 3.05) is 11.9 Å². The summed E-state index contributed by atoms with van der Waals surface area (Å²) in [6, 6.07) is 11.0. The fraction of sp³-hybridized carbons (Fsp3) is 0.143. The van der Waals surface area contributed by atoms with Gasteiger partial charge in [0.15, 0.2) is 11.8 Å². The molecule has 2 aromatic rings. The number of amides is 3. The van der Waals surface area contributed by atoms with Crippen molar-refractivity contribution in [1.82, 2.24) is 5.32 Å². The zero-order valence-electron chi connectivity index (χ0n) is 16.5. The SMILES string of the molecule is CC(=O)NC1=NC(=O)/C(=C/c2cc(Br)cc(Br)c2OCC(=O)Nc2cccc(C)c2)S1. The highest BCUT2D eigenvalue weighted by Crippen LogP contribution is 2.37. The molecule has 2 N–H and O–H groups in total. The lowest BCUT2D eigenvalue weighted by atomic mass is 10.2. The number of thioether (sulfide) groups is 1. The highest BCUT2D eigenvalue weighted by molar-refractivity contribution is 9.11. The van der Waals surface area contributed by atoms with Gasteiger partial charge in [-0.15, -0.1) is 0 Å². The first-order valence-corrected chi connectivity index (χ1v) is 11.4. The Hall–Kier alpha value is -2.43. The van der Waals surface area contributed by atoms with Crippen LogP contribution >= 0.6 is 43.6 Å². The third kappa shape index (κ3) is 6.52. The Balaban J connectivity index is 1.77. The maximum absolute atomic E-state index is 12.3. The van der Waals surface area contributed by atoms with E-state index in [9.17, 15) is 14.4 Å². The van der Waals surface area contributed by atoms with Crippen LogP contribution in [-0.2, 0) is 14.4 Å². The number of nitrogens with one attached hydrogen (secondary N) is 2. The van der Waals surface area contributed by atoms with Crippen LogP contribution in [0, 0.1) is 6.92 Å². The molecule has 0 unspecified atom stereocenters. The lowest BCUT2D eigenvalue weighted by Gasteiger charge is -2.13. The van der Waals surface area contributed by atoms with Gasteiger partial charge >= 0.3 is 0 Å². The molecule has 1 aliphatic rings. The molecule has 0 atom stereocenters. The number of benzene rings is 2. The molecule has 3 amide bonds. The van der Waals surface area contributed by atoms with Gasteiger partial charge in [-0.2, -0.15) is 4.99 Å². The Morgan fingerprint density at radius 2 is 1.97 bits per heavy atom. The molecule has 0 radical (unpaired) electrons. The first-order chi connectivity index (χ1) is 14.7. The van der Waals surface area contributed by atoms with E-state index in [-0.39, 0.29) is 23.6 Å². The summed E-state index contributed by atoms with van der Waals surface area (Å²) in [4.78, 5) is 39.9. The van der Waals surface area contributed by atoms with Crippen LogP contribution in [0.5, 0.6) is 5.75 Å². The number of aryl methyl sites for hydroxylation is 1. The molecule has 2 aromatic carbocycles. The molecule has 0 aromatic heterocycles. The van der Waals surface area contributed by atoms with E-state index in [1.807, 2.05) is 25.1 Å². The fourth-order valence-corrected chi connectivity index (χ4v) is 4.88. The number of anilines is 1. The average molecular weight is 567 g/mol. The van der Waals surface area contributed by atoms with Gasteiger partial charge in [-0.1, -0.05) is 28.1 Å². The molecule has 0 aliphatic carbocycles. The molecular formula is C21H17Br2N3O4S. The smallest absolute Gasteiger partial charge is 0.286 e. The van der Waals surface area contributed by atoms with Gasteiger partial charge in [0.1, 0.15) is 5.75 Å². The summed E-state index contributed by atoms with van der Waals surface area (Å²) in [7, 11) is 0. The molecule has 0 saturated carbocycles. The van der Waals surface area contributed by atoms with E-state index in [0.717, 1.165) is 21.8 Å². The van der Waals surface area contributed by atoms with Crippen LogP contribution in [0.1, 0.15) is 18.1 Å². The number of carbonyl (C=O) groups excluding carboxylic acids is 3. The fourth-order valence-electron chi connectivity index (χ4n) is 2.65. The van der Waals surface area contributed by atoms with Crippen molar-refractivity contribution in [3.8, 4) is 5.75 Å². The van der Waals surface area contributed by atoms with Crippen molar-refractivity contribution in [3.05, 3.63) is 61.4 Å². The highest BCUT2D eigenvalue weighted by Gasteiger charge is 2.23. The molecule has 0 spiro atoms. The van der Waals surface area contributed by atoms with Gasteiger partial charge in [-0.3, -0.25) is 14.4 Å². The molecule has 10 heteroatoms. The minimum absolute atomic E-state index is 0.220. The number of halogens is 2. The quantitative estimate of drug-likeness (QED) is 0.514. The Kier molecular flexibility index (Phi) is 7.69. The van der Waals surface area contributed by atoms with Gasteiger partial charge in [-0.05, 0) is 70.5 Å².